The van der Waals surface area contributed by atoms with Gasteiger partial charge in [-0.3, -0.25) is 0 Å². The molecule has 0 saturated carbocycles. The van der Waals surface area contributed by atoms with Crippen molar-refractivity contribution in [2.24, 2.45) is 5.14 Å². The first kappa shape index (κ1) is 13.3. The van der Waals surface area contributed by atoms with Crippen LogP contribution in [0.5, 0.6) is 0 Å². The number of rotatable bonds is 4. The lowest BCUT2D eigenvalue weighted by atomic mass is 10.4. The number of hydrogen-bond donors (Lipinski definition) is 1. The lowest BCUT2D eigenvalue weighted by Gasteiger charge is -2.02. The van der Waals surface area contributed by atoms with Gasteiger partial charge in [-0.05, 0) is 24.3 Å². The first-order valence-electron chi connectivity index (χ1n) is 5.51. The predicted molar refractivity (Wildman–Crippen MR) is 70.1 cm³/mol. The molecule has 0 amide bonds. The van der Waals surface area contributed by atoms with E-state index in [0.717, 1.165) is 10.8 Å². The standard InChI is InChI=1S/C10H14N4O2S2/c1-3-7-10(18(11,15)16)14-8(12-7)5-6-9(13-14)17-4-2/h5-6H,3-4H2,1-2H3,(H2,11,15,16). The molecule has 0 unspecified atom stereocenters. The number of sulfonamides is 1. The number of aromatic nitrogens is 3. The maximum Gasteiger partial charge on any atom is 0.257 e. The van der Waals surface area contributed by atoms with Crippen LogP contribution in [-0.4, -0.2) is 28.8 Å². The Bertz CT molecular complexity index is 678. The summed E-state index contributed by atoms with van der Waals surface area (Å²) in [6.07, 6.45) is 0.491. The van der Waals surface area contributed by atoms with Crippen LogP contribution in [0.25, 0.3) is 5.65 Å². The van der Waals surface area contributed by atoms with Crippen molar-refractivity contribution in [2.45, 2.75) is 30.3 Å². The minimum absolute atomic E-state index is 0.0152. The van der Waals surface area contributed by atoms with Gasteiger partial charge in [-0.25, -0.2) is 18.5 Å². The van der Waals surface area contributed by atoms with Crippen molar-refractivity contribution in [3.8, 4) is 0 Å². The van der Waals surface area contributed by atoms with Crippen molar-refractivity contribution in [3.05, 3.63) is 17.8 Å². The van der Waals surface area contributed by atoms with E-state index in [1.807, 2.05) is 19.9 Å². The highest BCUT2D eigenvalue weighted by Gasteiger charge is 2.21. The van der Waals surface area contributed by atoms with Gasteiger partial charge in [-0.2, -0.15) is 9.61 Å². The molecule has 0 spiro atoms. The number of nitrogens with zero attached hydrogens (tertiary/aromatic N) is 3. The van der Waals surface area contributed by atoms with Gasteiger partial charge in [0.15, 0.2) is 10.7 Å². The number of nitrogens with two attached hydrogens (primary N) is 1. The third-order valence-corrected chi connectivity index (χ3v) is 4.13. The largest absolute Gasteiger partial charge is 0.257 e. The molecule has 2 heterocycles. The summed E-state index contributed by atoms with van der Waals surface area (Å²) in [5.41, 5.74) is 0.944. The maximum atomic E-state index is 11.6. The average molecular weight is 286 g/mol. The van der Waals surface area contributed by atoms with Gasteiger partial charge >= 0.3 is 0 Å². The second-order valence-corrected chi connectivity index (χ2v) is 6.40. The third kappa shape index (κ3) is 2.36. The SMILES string of the molecule is CCSc1ccc2nc(CC)c(S(N)(=O)=O)n2n1. The van der Waals surface area contributed by atoms with E-state index in [1.54, 1.807) is 6.07 Å². The second-order valence-electron chi connectivity index (χ2n) is 3.64. The molecule has 8 heteroatoms. The van der Waals surface area contributed by atoms with Crippen LogP contribution in [0.2, 0.25) is 0 Å². The predicted octanol–water partition coefficient (Wildman–Crippen LogP) is 1.05. The summed E-state index contributed by atoms with van der Waals surface area (Å²) in [5.74, 6) is 0.860. The molecule has 0 aliphatic rings. The van der Waals surface area contributed by atoms with E-state index < -0.39 is 10.0 Å². The summed E-state index contributed by atoms with van der Waals surface area (Å²) in [5, 5.41) is 10.2. The van der Waals surface area contributed by atoms with E-state index >= 15 is 0 Å². The van der Waals surface area contributed by atoms with Crippen LogP contribution in [0.15, 0.2) is 22.2 Å². The zero-order chi connectivity index (χ0) is 13.3. The first-order chi connectivity index (χ1) is 8.47. The van der Waals surface area contributed by atoms with Gasteiger partial charge in [0.25, 0.3) is 10.0 Å². The Morgan fingerprint density at radius 2 is 2.11 bits per heavy atom. The molecule has 0 aliphatic heterocycles. The molecule has 2 N–H and O–H groups in total. The molecule has 98 valence electrons. The Morgan fingerprint density at radius 3 is 2.67 bits per heavy atom. The molecule has 2 rings (SSSR count). The van der Waals surface area contributed by atoms with Crippen LogP contribution in [0.1, 0.15) is 19.5 Å². The van der Waals surface area contributed by atoms with Crippen LogP contribution >= 0.6 is 11.8 Å². The molecule has 2 aromatic heterocycles. The fourth-order valence-corrected chi connectivity index (χ4v) is 3.18. The summed E-state index contributed by atoms with van der Waals surface area (Å²) in [6, 6.07) is 3.57. The van der Waals surface area contributed by atoms with Gasteiger partial charge in [0.2, 0.25) is 0 Å². The monoisotopic (exact) mass is 286 g/mol. The number of imidazole rings is 1. The highest BCUT2D eigenvalue weighted by Crippen LogP contribution is 2.20. The first-order valence-corrected chi connectivity index (χ1v) is 8.04. The van der Waals surface area contributed by atoms with Crippen LogP contribution in [-0.2, 0) is 16.4 Å². The lowest BCUT2D eigenvalue weighted by Crippen LogP contribution is -2.17. The zero-order valence-corrected chi connectivity index (χ0v) is 11.8. The fourth-order valence-electron chi connectivity index (χ4n) is 1.68. The normalized spacial score (nSPS) is 12.2. The van der Waals surface area contributed by atoms with Gasteiger partial charge < -0.3 is 0 Å². The zero-order valence-electron chi connectivity index (χ0n) is 10.1. The van der Waals surface area contributed by atoms with E-state index in [1.165, 1.54) is 16.3 Å². The summed E-state index contributed by atoms with van der Waals surface area (Å²) in [6.45, 7) is 3.83. The number of primary sulfonamides is 1. The van der Waals surface area contributed by atoms with Gasteiger partial charge in [0.1, 0.15) is 5.03 Å². The Kier molecular flexibility index (Phi) is 3.60. The minimum Gasteiger partial charge on any atom is -0.231 e. The molecule has 0 bridgehead atoms. The quantitative estimate of drug-likeness (QED) is 0.848. The van der Waals surface area contributed by atoms with E-state index in [2.05, 4.69) is 10.1 Å². The highest BCUT2D eigenvalue weighted by atomic mass is 32.2. The number of fused-ring (bicyclic) bond motifs is 1. The molecule has 6 nitrogen and oxygen atoms in total. The van der Waals surface area contributed by atoms with Crippen molar-refractivity contribution < 1.29 is 8.42 Å². The van der Waals surface area contributed by atoms with Gasteiger partial charge in [-0.1, -0.05) is 13.8 Å². The van der Waals surface area contributed by atoms with Crippen molar-refractivity contribution in [1.29, 1.82) is 0 Å². The molecule has 0 atom stereocenters. The van der Waals surface area contributed by atoms with Gasteiger partial charge in [0, 0.05) is 0 Å². The fraction of sp³-hybridized carbons (Fsp3) is 0.400. The van der Waals surface area contributed by atoms with E-state index in [9.17, 15) is 8.42 Å². The average Bonchev–Trinajstić information content (AvgIpc) is 2.66. The van der Waals surface area contributed by atoms with Gasteiger partial charge in [0.05, 0.1) is 5.69 Å². The van der Waals surface area contributed by atoms with Crippen molar-refractivity contribution in [1.82, 2.24) is 14.6 Å². The molecule has 0 radical (unpaired) electrons. The second kappa shape index (κ2) is 4.87. The maximum absolute atomic E-state index is 11.6. The number of aryl methyl sites for hydroxylation is 1. The van der Waals surface area contributed by atoms with Crippen molar-refractivity contribution >= 4 is 27.4 Å². The summed E-state index contributed by atoms with van der Waals surface area (Å²) in [7, 11) is -3.83. The molecular formula is C10H14N4O2S2. The molecular weight excluding hydrogens is 272 g/mol. The summed E-state index contributed by atoms with van der Waals surface area (Å²) in [4.78, 5) is 4.23. The molecule has 0 aromatic carbocycles. The third-order valence-electron chi connectivity index (χ3n) is 2.38. The van der Waals surface area contributed by atoms with E-state index in [0.29, 0.717) is 17.8 Å². The van der Waals surface area contributed by atoms with Crippen LogP contribution in [0.3, 0.4) is 0 Å². The Labute approximate surface area is 110 Å². The smallest absolute Gasteiger partial charge is 0.231 e. The van der Waals surface area contributed by atoms with Crippen LogP contribution in [0, 0.1) is 0 Å². The lowest BCUT2D eigenvalue weighted by molar-refractivity contribution is 0.586. The Balaban J connectivity index is 2.75. The van der Waals surface area contributed by atoms with E-state index in [4.69, 9.17) is 5.14 Å². The molecule has 0 aliphatic carbocycles. The summed E-state index contributed by atoms with van der Waals surface area (Å²) >= 11 is 1.53. The van der Waals surface area contributed by atoms with Crippen LogP contribution in [0.4, 0.5) is 0 Å². The van der Waals surface area contributed by atoms with Crippen LogP contribution < -0.4 is 5.14 Å². The van der Waals surface area contributed by atoms with Gasteiger partial charge in [-0.15, -0.1) is 11.8 Å². The number of hydrogen-bond acceptors (Lipinski definition) is 5. The summed E-state index contributed by atoms with van der Waals surface area (Å²) < 4.78 is 24.6. The minimum atomic E-state index is -3.83. The molecule has 18 heavy (non-hydrogen) atoms. The Morgan fingerprint density at radius 1 is 1.39 bits per heavy atom. The molecule has 0 saturated heterocycles. The Hall–Kier alpha value is -1.12. The topological polar surface area (TPSA) is 90.3 Å². The highest BCUT2D eigenvalue weighted by molar-refractivity contribution is 7.99. The number of thioether (sulfide) groups is 1. The molecule has 0 fully saturated rings. The van der Waals surface area contributed by atoms with Crippen molar-refractivity contribution in [2.75, 3.05) is 5.75 Å². The van der Waals surface area contributed by atoms with Crippen molar-refractivity contribution in [3.63, 3.8) is 0 Å². The van der Waals surface area contributed by atoms with E-state index in [-0.39, 0.29) is 5.03 Å². The molecule has 2 aromatic rings.